The maximum absolute atomic E-state index is 12.7. The second-order valence-electron chi connectivity index (χ2n) is 7.18. The number of benzene rings is 1. The van der Waals surface area contributed by atoms with E-state index >= 15 is 0 Å². The molecule has 176 valence electrons. The maximum Gasteiger partial charge on any atom is 0.332 e. The Bertz CT molecular complexity index is 1320. The molecule has 0 saturated carbocycles. The van der Waals surface area contributed by atoms with Crippen LogP contribution in [0.5, 0.6) is 17.5 Å². The van der Waals surface area contributed by atoms with Crippen molar-refractivity contribution in [3.8, 4) is 17.5 Å². The van der Waals surface area contributed by atoms with Crippen molar-refractivity contribution in [1.29, 1.82) is 0 Å². The number of fused-ring (bicyclic) bond motifs is 1. The molecule has 0 bridgehead atoms. The van der Waals surface area contributed by atoms with Crippen molar-refractivity contribution in [3.63, 3.8) is 0 Å². The molecule has 0 saturated heterocycles. The standard InChI is InChI=1S/C21H26N6O6/c1-5-33-20-23-18-17(19(30)26(3)21(31)25(18)2)27(20)10-6-7-16(29)24-22-12-13-8-9-14(32-4)11-15(13)28/h8-9,11-12,28H,5-7,10H2,1-4H3,(H,24,29)/b22-12+. The van der Waals surface area contributed by atoms with Gasteiger partial charge in [0.05, 0.1) is 19.9 Å². The lowest BCUT2D eigenvalue weighted by Gasteiger charge is -2.09. The van der Waals surface area contributed by atoms with Crippen LogP contribution >= 0.6 is 0 Å². The molecule has 2 heterocycles. The van der Waals surface area contributed by atoms with Gasteiger partial charge in [-0.05, 0) is 25.5 Å². The van der Waals surface area contributed by atoms with Gasteiger partial charge in [0.2, 0.25) is 5.91 Å². The van der Waals surface area contributed by atoms with Crippen molar-refractivity contribution in [3.05, 3.63) is 44.6 Å². The molecular weight excluding hydrogens is 432 g/mol. The van der Waals surface area contributed by atoms with E-state index in [0.717, 1.165) is 4.57 Å². The zero-order valence-electron chi connectivity index (χ0n) is 18.9. The minimum absolute atomic E-state index is 0.0289. The Morgan fingerprint density at radius 1 is 1.27 bits per heavy atom. The van der Waals surface area contributed by atoms with E-state index in [2.05, 4.69) is 15.5 Å². The Kier molecular flexibility index (Phi) is 7.16. The van der Waals surface area contributed by atoms with Crippen molar-refractivity contribution in [2.45, 2.75) is 26.3 Å². The van der Waals surface area contributed by atoms with E-state index in [0.29, 0.717) is 24.3 Å². The van der Waals surface area contributed by atoms with Gasteiger partial charge in [0.15, 0.2) is 11.2 Å². The van der Waals surface area contributed by atoms with Crippen LogP contribution in [0, 0.1) is 0 Å². The number of carbonyl (C=O) groups is 1. The Morgan fingerprint density at radius 2 is 2.03 bits per heavy atom. The summed E-state index contributed by atoms with van der Waals surface area (Å²) in [7, 11) is 4.42. The molecular formula is C21H26N6O6. The van der Waals surface area contributed by atoms with Crippen LogP contribution < -0.4 is 26.1 Å². The molecule has 0 unspecified atom stereocenters. The van der Waals surface area contributed by atoms with Crippen LogP contribution in [0.1, 0.15) is 25.3 Å². The van der Waals surface area contributed by atoms with Crippen molar-refractivity contribution < 1.29 is 19.4 Å². The quantitative estimate of drug-likeness (QED) is 0.351. The second kappa shape index (κ2) is 10.0. The maximum atomic E-state index is 12.7. The Morgan fingerprint density at radius 3 is 2.70 bits per heavy atom. The predicted molar refractivity (Wildman–Crippen MR) is 121 cm³/mol. The van der Waals surface area contributed by atoms with E-state index < -0.39 is 11.2 Å². The zero-order chi connectivity index (χ0) is 24.1. The summed E-state index contributed by atoms with van der Waals surface area (Å²) in [4.78, 5) is 41.3. The van der Waals surface area contributed by atoms with Gasteiger partial charge in [-0.15, -0.1) is 0 Å². The van der Waals surface area contributed by atoms with Gasteiger partial charge in [-0.1, -0.05) is 0 Å². The Labute approximate surface area is 188 Å². The highest BCUT2D eigenvalue weighted by molar-refractivity contribution is 5.85. The molecule has 12 heteroatoms. The van der Waals surface area contributed by atoms with Gasteiger partial charge in [-0.2, -0.15) is 10.1 Å². The fourth-order valence-corrected chi connectivity index (χ4v) is 3.26. The predicted octanol–water partition coefficient (Wildman–Crippen LogP) is 0.477. The van der Waals surface area contributed by atoms with Crippen LogP contribution in [-0.2, 0) is 25.4 Å². The van der Waals surface area contributed by atoms with Crippen LogP contribution in [0.25, 0.3) is 11.2 Å². The molecule has 0 radical (unpaired) electrons. The summed E-state index contributed by atoms with van der Waals surface area (Å²) < 4.78 is 14.4. The fourth-order valence-electron chi connectivity index (χ4n) is 3.26. The minimum Gasteiger partial charge on any atom is -0.507 e. The van der Waals surface area contributed by atoms with Crippen LogP contribution in [0.2, 0.25) is 0 Å². The Balaban J connectivity index is 1.69. The third kappa shape index (κ3) is 4.89. The molecule has 12 nitrogen and oxygen atoms in total. The number of phenolic OH excluding ortho intramolecular Hbond substituents is 1. The molecule has 0 fully saturated rings. The third-order valence-corrected chi connectivity index (χ3v) is 5.00. The summed E-state index contributed by atoms with van der Waals surface area (Å²) in [6.45, 7) is 2.38. The monoisotopic (exact) mass is 458 g/mol. The van der Waals surface area contributed by atoms with Gasteiger partial charge in [0.1, 0.15) is 11.5 Å². The number of hydrazone groups is 1. The number of carbonyl (C=O) groups excluding carboxylic acids is 1. The number of hydrogen-bond acceptors (Lipinski definition) is 8. The molecule has 0 aliphatic heterocycles. The first-order valence-electron chi connectivity index (χ1n) is 10.3. The number of nitrogens with zero attached hydrogens (tertiary/aromatic N) is 5. The topological polar surface area (TPSA) is 142 Å². The van der Waals surface area contributed by atoms with Crippen LogP contribution in [-0.4, -0.2) is 49.6 Å². The number of hydrogen-bond donors (Lipinski definition) is 2. The van der Waals surface area contributed by atoms with Gasteiger partial charge >= 0.3 is 5.69 Å². The summed E-state index contributed by atoms with van der Waals surface area (Å²) in [6.07, 6.45) is 1.81. The summed E-state index contributed by atoms with van der Waals surface area (Å²) in [5.74, 6) is 0.128. The van der Waals surface area contributed by atoms with E-state index in [-0.39, 0.29) is 41.8 Å². The number of aryl methyl sites for hydroxylation is 2. The van der Waals surface area contributed by atoms with Crippen LogP contribution in [0.3, 0.4) is 0 Å². The fraction of sp³-hybridized carbons (Fsp3) is 0.381. The number of phenols is 1. The molecule has 0 spiro atoms. The number of aromatic hydroxyl groups is 1. The number of ether oxygens (including phenoxy) is 2. The van der Waals surface area contributed by atoms with Gasteiger partial charge in [0.25, 0.3) is 11.6 Å². The van der Waals surface area contributed by atoms with Crippen molar-refractivity contribution in [2.24, 2.45) is 19.2 Å². The average molecular weight is 458 g/mol. The summed E-state index contributed by atoms with van der Waals surface area (Å²) >= 11 is 0. The highest BCUT2D eigenvalue weighted by Crippen LogP contribution is 2.22. The highest BCUT2D eigenvalue weighted by atomic mass is 16.5. The van der Waals surface area contributed by atoms with E-state index in [1.165, 1.54) is 38.1 Å². The molecule has 1 amide bonds. The molecule has 2 aromatic heterocycles. The van der Waals surface area contributed by atoms with Crippen LogP contribution in [0.4, 0.5) is 0 Å². The number of amides is 1. The molecule has 0 atom stereocenters. The highest BCUT2D eigenvalue weighted by Gasteiger charge is 2.20. The SMILES string of the molecule is CCOc1nc2c(c(=O)n(C)c(=O)n2C)n1CCCC(=O)N/N=C/c1ccc(OC)cc1O. The lowest BCUT2D eigenvalue weighted by Crippen LogP contribution is -2.37. The lowest BCUT2D eigenvalue weighted by atomic mass is 10.2. The van der Waals surface area contributed by atoms with Gasteiger partial charge < -0.3 is 14.6 Å². The number of aromatic nitrogens is 4. The number of imidazole rings is 1. The first-order chi connectivity index (χ1) is 15.8. The third-order valence-electron chi connectivity index (χ3n) is 5.00. The zero-order valence-corrected chi connectivity index (χ0v) is 18.9. The molecule has 0 aliphatic rings. The number of methoxy groups -OCH3 is 1. The second-order valence-corrected chi connectivity index (χ2v) is 7.18. The van der Waals surface area contributed by atoms with Crippen molar-refractivity contribution in [1.82, 2.24) is 24.1 Å². The van der Waals surface area contributed by atoms with E-state index in [9.17, 15) is 19.5 Å². The lowest BCUT2D eigenvalue weighted by molar-refractivity contribution is -0.121. The normalized spacial score (nSPS) is 11.3. The first-order valence-corrected chi connectivity index (χ1v) is 10.3. The average Bonchev–Trinajstić information content (AvgIpc) is 3.15. The molecule has 3 rings (SSSR count). The summed E-state index contributed by atoms with van der Waals surface area (Å²) in [6, 6.07) is 4.92. The van der Waals surface area contributed by atoms with Gasteiger partial charge in [-0.25, -0.2) is 10.2 Å². The van der Waals surface area contributed by atoms with Crippen molar-refractivity contribution in [2.75, 3.05) is 13.7 Å². The van der Waals surface area contributed by atoms with Gasteiger partial charge in [0, 0.05) is 38.7 Å². The molecule has 0 aliphatic carbocycles. The number of nitrogens with one attached hydrogen (secondary N) is 1. The smallest absolute Gasteiger partial charge is 0.332 e. The molecule has 2 N–H and O–H groups in total. The Hall–Kier alpha value is -4.09. The largest absolute Gasteiger partial charge is 0.507 e. The molecule has 1 aromatic carbocycles. The summed E-state index contributed by atoms with van der Waals surface area (Å²) in [5, 5.41) is 13.8. The first kappa shape index (κ1) is 23.6. The van der Waals surface area contributed by atoms with E-state index in [4.69, 9.17) is 9.47 Å². The van der Waals surface area contributed by atoms with Gasteiger partial charge in [-0.3, -0.25) is 23.3 Å². The summed E-state index contributed by atoms with van der Waals surface area (Å²) in [5.41, 5.74) is 2.30. The molecule has 3 aromatic rings. The van der Waals surface area contributed by atoms with Crippen LogP contribution in [0.15, 0.2) is 32.9 Å². The minimum atomic E-state index is -0.486. The van der Waals surface area contributed by atoms with Crippen molar-refractivity contribution >= 4 is 23.3 Å². The van der Waals surface area contributed by atoms with E-state index in [1.54, 1.807) is 23.6 Å². The number of rotatable bonds is 9. The molecule has 33 heavy (non-hydrogen) atoms. The van der Waals surface area contributed by atoms with E-state index in [1.807, 2.05) is 0 Å².